The number of carbonyl (C=O) groups excluding carboxylic acids is 1. The Morgan fingerprint density at radius 2 is 2.04 bits per heavy atom. The zero-order chi connectivity index (χ0) is 16.2. The quantitative estimate of drug-likeness (QED) is 0.870. The van der Waals surface area contributed by atoms with E-state index in [9.17, 15) is 4.79 Å². The number of nitrogens with zero attached hydrogens (tertiary/aromatic N) is 2. The van der Waals surface area contributed by atoms with Crippen molar-refractivity contribution >= 4 is 5.91 Å². The molecule has 0 spiro atoms. The molecule has 6 heteroatoms. The van der Waals surface area contributed by atoms with Gasteiger partial charge >= 0.3 is 0 Å². The van der Waals surface area contributed by atoms with Gasteiger partial charge in [-0.25, -0.2) is 0 Å². The molecule has 3 N–H and O–H groups in total. The van der Waals surface area contributed by atoms with Crippen molar-refractivity contribution in [3.8, 4) is 0 Å². The first kappa shape index (κ1) is 16.4. The van der Waals surface area contributed by atoms with Crippen LogP contribution in [0, 0.1) is 5.92 Å². The number of hydrogen-bond donors (Lipinski definition) is 2. The highest BCUT2D eigenvalue weighted by atomic mass is 16.5. The molecule has 3 rings (SSSR count). The number of nitrogens with two attached hydrogens (primary N) is 1. The van der Waals surface area contributed by atoms with E-state index in [0.717, 1.165) is 37.9 Å². The molecular formula is C17H28N4O2. The maximum absolute atomic E-state index is 12.2. The van der Waals surface area contributed by atoms with Gasteiger partial charge in [0.05, 0.1) is 0 Å². The zero-order valence-corrected chi connectivity index (χ0v) is 14.0. The van der Waals surface area contributed by atoms with E-state index in [4.69, 9.17) is 10.3 Å². The van der Waals surface area contributed by atoms with Crippen molar-refractivity contribution in [2.45, 2.75) is 82.7 Å². The molecule has 23 heavy (non-hydrogen) atoms. The third-order valence-electron chi connectivity index (χ3n) is 5.34. The van der Waals surface area contributed by atoms with Crippen LogP contribution >= 0.6 is 0 Å². The molecule has 0 saturated heterocycles. The Hall–Kier alpha value is -1.43. The maximum atomic E-state index is 12.2. The molecule has 2 fully saturated rings. The molecule has 0 aromatic carbocycles. The Bertz CT molecular complexity index is 524. The van der Waals surface area contributed by atoms with Crippen molar-refractivity contribution in [2.75, 3.05) is 0 Å². The first-order valence-corrected chi connectivity index (χ1v) is 9.02. The number of carbonyl (C=O) groups is 1. The Balaban J connectivity index is 1.52. The summed E-state index contributed by atoms with van der Waals surface area (Å²) in [6, 6.07) is -0.0812. The summed E-state index contributed by atoms with van der Waals surface area (Å²) in [4.78, 5) is 16.7. The molecular weight excluding hydrogens is 292 g/mol. The molecule has 0 radical (unpaired) electrons. The molecule has 1 heterocycles. The van der Waals surface area contributed by atoms with Crippen LogP contribution in [0.4, 0.5) is 0 Å². The number of aromatic nitrogens is 2. The summed E-state index contributed by atoms with van der Waals surface area (Å²) in [5.41, 5.74) is 6.03. The smallest absolute Gasteiger partial charge is 0.248 e. The molecule has 1 aromatic heterocycles. The fourth-order valence-electron chi connectivity index (χ4n) is 3.87. The second-order valence-electron chi connectivity index (χ2n) is 7.17. The lowest BCUT2D eigenvalue weighted by atomic mass is 9.89. The van der Waals surface area contributed by atoms with Gasteiger partial charge in [-0.3, -0.25) is 4.79 Å². The summed E-state index contributed by atoms with van der Waals surface area (Å²) in [7, 11) is 0. The SMILES string of the molecule is CC(NC(=O)C[C@@H]1CCC[C@H]1N)c1nc(C2CCCCC2)no1. The Morgan fingerprint density at radius 3 is 2.74 bits per heavy atom. The standard InChI is InChI=1S/C17H28N4O2/c1-11(19-15(22)10-13-8-5-9-14(13)18)17-20-16(21-23-17)12-6-3-2-4-7-12/h11-14H,2-10,18H2,1H3,(H,19,22)/t11?,13-,14+/m0/s1. The van der Waals surface area contributed by atoms with Crippen LogP contribution in [0.5, 0.6) is 0 Å². The second-order valence-corrected chi connectivity index (χ2v) is 7.17. The molecule has 1 amide bonds. The van der Waals surface area contributed by atoms with E-state index < -0.39 is 0 Å². The van der Waals surface area contributed by atoms with E-state index in [1.54, 1.807) is 0 Å². The highest BCUT2D eigenvalue weighted by Crippen LogP contribution is 2.31. The number of nitrogens with one attached hydrogen (secondary N) is 1. The summed E-state index contributed by atoms with van der Waals surface area (Å²) in [6.45, 7) is 1.89. The summed E-state index contributed by atoms with van der Waals surface area (Å²) in [6.07, 6.45) is 9.76. The summed E-state index contributed by atoms with van der Waals surface area (Å²) in [5.74, 6) is 2.06. The van der Waals surface area contributed by atoms with Gasteiger partial charge in [0.25, 0.3) is 0 Å². The molecule has 0 bridgehead atoms. The second kappa shape index (κ2) is 7.43. The van der Waals surface area contributed by atoms with Crippen molar-refractivity contribution in [3.63, 3.8) is 0 Å². The highest BCUT2D eigenvalue weighted by Gasteiger charge is 2.28. The molecule has 128 valence electrons. The minimum absolute atomic E-state index is 0.0252. The van der Waals surface area contributed by atoms with E-state index in [-0.39, 0.29) is 18.0 Å². The van der Waals surface area contributed by atoms with E-state index in [1.165, 1.54) is 19.3 Å². The third kappa shape index (κ3) is 4.10. The van der Waals surface area contributed by atoms with Crippen molar-refractivity contribution in [1.29, 1.82) is 0 Å². The Kier molecular flexibility index (Phi) is 5.30. The van der Waals surface area contributed by atoms with Gasteiger partial charge in [0, 0.05) is 18.4 Å². The van der Waals surface area contributed by atoms with Gasteiger partial charge in [0.15, 0.2) is 5.82 Å². The van der Waals surface area contributed by atoms with Crippen LogP contribution in [0.3, 0.4) is 0 Å². The summed E-state index contributed by atoms with van der Waals surface area (Å²) >= 11 is 0. The lowest BCUT2D eigenvalue weighted by Crippen LogP contribution is -2.33. The number of amides is 1. The average Bonchev–Trinajstić information content (AvgIpc) is 3.18. The zero-order valence-electron chi connectivity index (χ0n) is 14.0. The minimum atomic E-state index is -0.245. The maximum Gasteiger partial charge on any atom is 0.248 e. The molecule has 1 unspecified atom stereocenters. The Labute approximate surface area is 137 Å². The predicted molar refractivity (Wildman–Crippen MR) is 86.6 cm³/mol. The molecule has 1 aromatic rings. The van der Waals surface area contributed by atoms with Gasteiger partial charge in [0.1, 0.15) is 6.04 Å². The fourth-order valence-corrected chi connectivity index (χ4v) is 3.87. The molecule has 2 saturated carbocycles. The third-order valence-corrected chi connectivity index (χ3v) is 5.34. The van der Waals surface area contributed by atoms with Crippen molar-refractivity contribution < 1.29 is 9.32 Å². The lowest BCUT2D eigenvalue weighted by molar-refractivity contribution is -0.122. The molecule has 3 atom stereocenters. The minimum Gasteiger partial charge on any atom is -0.345 e. The average molecular weight is 320 g/mol. The van der Waals surface area contributed by atoms with E-state index in [2.05, 4.69) is 15.5 Å². The number of rotatable bonds is 5. The summed E-state index contributed by atoms with van der Waals surface area (Å²) < 4.78 is 5.37. The van der Waals surface area contributed by atoms with E-state index in [0.29, 0.717) is 24.1 Å². The predicted octanol–water partition coefficient (Wildman–Crippen LogP) is 2.81. The van der Waals surface area contributed by atoms with Gasteiger partial charge in [0.2, 0.25) is 11.8 Å². The van der Waals surface area contributed by atoms with Gasteiger partial charge in [-0.05, 0) is 38.5 Å². The summed E-state index contributed by atoms with van der Waals surface area (Å²) in [5, 5.41) is 7.10. The molecule has 0 aliphatic heterocycles. The largest absolute Gasteiger partial charge is 0.345 e. The molecule has 6 nitrogen and oxygen atoms in total. The van der Waals surface area contributed by atoms with Gasteiger partial charge in [-0.15, -0.1) is 0 Å². The van der Waals surface area contributed by atoms with Crippen LogP contribution in [-0.2, 0) is 4.79 Å². The van der Waals surface area contributed by atoms with Crippen molar-refractivity contribution in [3.05, 3.63) is 11.7 Å². The first-order chi connectivity index (χ1) is 11.1. The lowest BCUT2D eigenvalue weighted by Gasteiger charge is -2.17. The topological polar surface area (TPSA) is 94.0 Å². The van der Waals surface area contributed by atoms with E-state index >= 15 is 0 Å². The van der Waals surface area contributed by atoms with Crippen molar-refractivity contribution in [2.24, 2.45) is 11.7 Å². The normalized spacial score (nSPS) is 27.0. The molecule has 2 aliphatic carbocycles. The number of hydrogen-bond acceptors (Lipinski definition) is 5. The van der Waals surface area contributed by atoms with E-state index in [1.807, 2.05) is 6.92 Å². The van der Waals surface area contributed by atoms with Crippen molar-refractivity contribution in [1.82, 2.24) is 15.5 Å². The Morgan fingerprint density at radius 1 is 1.26 bits per heavy atom. The van der Waals surface area contributed by atoms with Gasteiger partial charge in [-0.1, -0.05) is 30.8 Å². The molecule has 2 aliphatic rings. The first-order valence-electron chi connectivity index (χ1n) is 9.02. The van der Waals surface area contributed by atoms with Crippen LogP contribution in [0.1, 0.15) is 88.4 Å². The monoisotopic (exact) mass is 320 g/mol. The van der Waals surface area contributed by atoms with Crippen LogP contribution in [-0.4, -0.2) is 22.1 Å². The van der Waals surface area contributed by atoms with Gasteiger partial charge < -0.3 is 15.6 Å². The van der Waals surface area contributed by atoms with Crippen LogP contribution < -0.4 is 11.1 Å². The van der Waals surface area contributed by atoms with Crippen LogP contribution in [0.15, 0.2) is 4.52 Å². The highest BCUT2D eigenvalue weighted by molar-refractivity contribution is 5.76. The van der Waals surface area contributed by atoms with Gasteiger partial charge in [-0.2, -0.15) is 4.98 Å². The van der Waals surface area contributed by atoms with Crippen LogP contribution in [0.25, 0.3) is 0 Å². The van der Waals surface area contributed by atoms with Crippen LogP contribution in [0.2, 0.25) is 0 Å². The fraction of sp³-hybridized carbons (Fsp3) is 0.824.